The van der Waals surface area contributed by atoms with Crippen LogP contribution >= 0.6 is 0 Å². The largest absolute Gasteiger partial charge is 0.353 e. The minimum Gasteiger partial charge on any atom is -0.353 e. The Labute approximate surface area is 139 Å². The number of anilines is 3. The molecule has 6 heteroatoms. The van der Waals surface area contributed by atoms with Crippen LogP contribution < -0.4 is 10.2 Å². The van der Waals surface area contributed by atoms with Crippen molar-refractivity contribution in [2.24, 2.45) is 7.05 Å². The van der Waals surface area contributed by atoms with Crippen LogP contribution in [0.15, 0.2) is 60.9 Å². The number of carbonyl (C=O) groups is 1. The Kier molecular flexibility index (Phi) is 4.29. The van der Waals surface area contributed by atoms with Gasteiger partial charge in [0.2, 0.25) is 0 Å². The normalized spacial score (nSPS) is 10.5. The van der Waals surface area contributed by atoms with E-state index in [1.54, 1.807) is 48.3 Å². The number of hydrogen-bond acceptors (Lipinski definition) is 3. The monoisotopic (exact) mass is 324 g/mol. The zero-order valence-electron chi connectivity index (χ0n) is 13.4. The van der Waals surface area contributed by atoms with Gasteiger partial charge in [0.05, 0.1) is 11.9 Å². The molecule has 1 amide bonds. The molecule has 0 spiro atoms. The number of nitrogens with one attached hydrogen (secondary N) is 1. The summed E-state index contributed by atoms with van der Waals surface area (Å²) in [6.45, 7) is 0. The fourth-order valence-electron chi connectivity index (χ4n) is 2.38. The van der Waals surface area contributed by atoms with Crippen LogP contribution in [0.3, 0.4) is 0 Å². The van der Waals surface area contributed by atoms with Crippen molar-refractivity contribution in [2.45, 2.75) is 0 Å². The van der Waals surface area contributed by atoms with E-state index in [9.17, 15) is 9.18 Å². The highest BCUT2D eigenvalue weighted by Gasteiger charge is 2.14. The first kappa shape index (κ1) is 15.7. The van der Waals surface area contributed by atoms with E-state index < -0.39 is 0 Å². The lowest BCUT2D eigenvalue weighted by Crippen LogP contribution is -2.26. The van der Waals surface area contributed by atoms with Crippen LogP contribution in [0.2, 0.25) is 0 Å². The van der Waals surface area contributed by atoms with E-state index in [0.29, 0.717) is 11.3 Å². The Balaban J connectivity index is 1.81. The standard InChI is InChI=1S/C18H17FN4O/c1-22-12-16(11-20-22)21-15-7-3-5-13(9-15)18(24)23(2)17-8-4-6-14(19)10-17/h3-12,21H,1-2H3. The first-order chi connectivity index (χ1) is 11.5. The minimum absolute atomic E-state index is 0.213. The van der Waals surface area contributed by atoms with Gasteiger partial charge < -0.3 is 10.2 Å². The van der Waals surface area contributed by atoms with Gasteiger partial charge in [-0.05, 0) is 36.4 Å². The fourth-order valence-corrected chi connectivity index (χ4v) is 2.38. The Morgan fingerprint density at radius 2 is 1.96 bits per heavy atom. The van der Waals surface area contributed by atoms with Gasteiger partial charge in [-0.15, -0.1) is 0 Å². The second-order valence-corrected chi connectivity index (χ2v) is 5.45. The number of amides is 1. The summed E-state index contributed by atoms with van der Waals surface area (Å²) in [6.07, 6.45) is 3.54. The second-order valence-electron chi connectivity index (χ2n) is 5.45. The molecule has 0 saturated carbocycles. The smallest absolute Gasteiger partial charge is 0.258 e. The molecule has 0 saturated heterocycles. The van der Waals surface area contributed by atoms with Gasteiger partial charge in [0, 0.05) is 37.2 Å². The number of nitrogens with zero attached hydrogens (tertiary/aromatic N) is 3. The molecule has 1 N–H and O–H groups in total. The zero-order valence-corrected chi connectivity index (χ0v) is 13.4. The minimum atomic E-state index is -0.376. The van der Waals surface area contributed by atoms with Crippen LogP contribution in [0, 0.1) is 5.82 Å². The number of aryl methyl sites for hydroxylation is 1. The van der Waals surface area contributed by atoms with Crippen molar-refractivity contribution >= 4 is 23.0 Å². The molecule has 0 aliphatic carbocycles. The summed E-state index contributed by atoms with van der Waals surface area (Å²) in [5.41, 5.74) is 2.63. The number of halogens is 1. The van der Waals surface area contributed by atoms with Crippen LogP contribution in [0.4, 0.5) is 21.5 Å². The molecule has 1 heterocycles. The number of hydrogen-bond donors (Lipinski definition) is 1. The maximum absolute atomic E-state index is 13.3. The van der Waals surface area contributed by atoms with Gasteiger partial charge in [0.25, 0.3) is 5.91 Å². The van der Waals surface area contributed by atoms with Gasteiger partial charge in [-0.3, -0.25) is 9.48 Å². The molecular formula is C18H17FN4O. The Morgan fingerprint density at radius 3 is 2.67 bits per heavy atom. The zero-order chi connectivity index (χ0) is 17.1. The molecule has 5 nitrogen and oxygen atoms in total. The van der Waals surface area contributed by atoms with E-state index in [4.69, 9.17) is 0 Å². The van der Waals surface area contributed by atoms with E-state index in [1.165, 1.54) is 17.0 Å². The molecule has 0 radical (unpaired) electrons. The van der Waals surface area contributed by atoms with Crippen LogP contribution in [0.1, 0.15) is 10.4 Å². The summed E-state index contributed by atoms with van der Waals surface area (Å²) >= 11 is 0. The Morgan fingerprint density at radius 1 is 1.17 bits per heavy atom. The number of benzene rings is 2. The molecule has 3 aromatic rings. The molecular weight excluding hydrogens is 307 g/mol. The Bertz CT molecular complexity index is 875. The average molecular weight is 324 g/mol. The highest BCUT2D eigenvalue weighted by atomic mass is 19.1. The molecule has 0 atom stereocenters. The van der Waals surface area contributed by atoms with E-state index in [-0.39, 0.29) is 11.7 Å². The summed E-state index contributed by atoms with van der Waals surface area (Å²) in [7, 11) is 3.46. The van der Waals surface area contributed by atoms with Gasteiger partial charge in [-0.25, -0.2) is 4.39 Å². The van der Waals surface area contributed by atoms with Crippen molar-refractivity contribution < 1.29 is 9.18 Å². The quantitative estimate of drug-likeness (QED) is 0.798. The third-order valence-electron chi connectivity index (χ3n) is 3.60. The Hall–Kier alpha value is -3.15. The molecule has 1 aromatic heterocycles. The lowest BCUT2D eigenvalue weighted by Gasteiger charge is -2.18. The average Bonchev–Trinajstić information content (AvgIpc) is 2.98. The highest BCUT2D eigenvalue weighted by Crippen LogP contribution is 2.20. The molecule has 0 fully saturated rings. The predicted molar refractivity (Wildman–Crippen MR) is 92.1 cm³/mol. The van der Waals surface area contributed by atoms with Crippen molar-refractivity contribution in [1.29, 1.82) is 0 Å². The van der Waals surface area contributed by atoms with Gasteiger partial charge in [0.15, 0.2) is 0 Å². The lowest BCUT2D eigenvalue weighted by molar-refractivity contribution is 0.0993. The summed E-state index contributed by atoms with van der Waals surface area (Å²) < 4.78 is 15.0. The molecule has 2 aromatic carbocycles. The lowest BCUT2D eigenvalue weighted by atomic mass is 10.1. The van der Waals surface area contributed by atoms with Crippen molar-refractivity contribution in [3.63, 3.8) is 0 Å². The summed E-state index contributed by atoms with van der Waals surface area (Å²) in [4.78, 5) is 14.0. The third kappa shape index (κ3) is 3.43. The second kappa shape index (κ2) is 6.54. The molecule has 24 heavy (non-hydrogen) atoms. The van der Waals surface area contributed by atoms with Crippen LogP contribution in [0.25, 0.3) is 0 Å². The van der Waals surface area contributed by atoms with Gasteiger partial charge in [-0.1, -0.05) is 12.1 Å². The third-order valence-corrected chi connectivity index (χ3v) is 3.60. The maximum Gasteiger partial charge on any atom is 0.258 e. The summed E-state index contributed by atoms with van der Waals surface area (Å²) in [5.74, 6) is -0.588. The summed E-state index contributed by atoms with van der Waals surface area (Å²) in [5, 5.41) is 7.28. The van der Waals surface area contributed by atoms with E-state index in [1.807, 2.05) is 19.3 Å². The van der Waals surface area contributed by atoms with Crippen LogP contribution in [-0.2, 0) is 7.05 Å². The number of rotatable bonds is 4. The van der Waals surface area contributed by atoms with Gasteiger partial charge in [0.1, 0.15) is 5.82 Å². The van der Waals surface area contributed by atoms with Crippen molar-refractivity contribution in [3.05, 3.63) is 72.3 Å². The molecule has 0 aliphatic heterocycles. The topological polar surface area (TPSA) is 50.2 Å². The fraction of sp³-hybridized carbons (Fsp3) is 0.111. The molecule has 122 valence electrons. The van der Waals surface area contributed by atoms with Crippen LogP contribution in [-0.4, -0.2) is 22.7 Å². The SMILES string of the molecule is CN(C(=O)c1cccc(Nc2cnn(C)c2)c1)c1cccc(F)c1. The number of carbonyl (C=O) groups excluding carboxylic acids is 1. The van der Waals surface area contributed by atoms with Gasteiger partial charge in [-0.2, -0.15) is 5.10 Å². The summed E-state index contributed by atoms with van der Waals surface area (Å²) in [6, 6.07) is 13.1. The van der Waals surface area contributed by atoms with Crippen molar-refractivity contribution in [3.8, 4) is 0 Å². The first-order valence-electron chi connectivity index (χ1n) is 7.42. The highest BCUT2D eigenvalue weighted by molar-refractivity contribution is 6.06. The molecule has 0 unspecified atom stereocenters. The van der Waals surface area contributed by atoms with Gasteiger partial charge >= 0.3 is 0 Å². The van der Waals surface area contributed by atoms with Crippen molar-refractivity contribution in [1.82, 2.24) is 9.78 Å². The van der Waals surface area contributed by atoms with E-state index >= 15 is 0 Å². The molecule has 3 rings (SSSR count). The molecule has 0 aliphatic rings. The predicted octanol–water partition coefficient (Wildman–Crippen LogP) is 3.58. The number of aromatic nitrogens is 2. The van der Waals surface area contributed by atoms with Crippen LogP contribution in [0.5, 0.6) is 0 Å². The first-order valence-corrected chi connectivity index (χ1v) is 7.42. The van der Waals surface area contributed by atoms with Crippen molar-refractivity contribution in [2.75, 3.05) is 17.3 Å². The van der Waals surface area contributed by atoms with E-state index in [2.05, 4.69) is 10.4 Å². The molecule has 0 bridgehead atoms. The van der Waals surface area contributed by atoms with E-state index in [0.717, 1.165) is 11.4 Å². The maximum atomic E-state index is 13.3.